The summed E-state index contributed by atoms with van der Waals surface area (Å²) in [6.45, 7) is 5.63. The SMILES string of the molecule is Cc1ccc2cc1CNC(=O)C(CCc1cnccn1)NC(=O)[C@@H](NC(=O)[C@@H](C)c1ccccc1)CC(=O)N1CCCC(CCO2)C1. The van der Waals surface area contributed by atoms with E-state index in [4.69, 9.17) is 4.74 Å². The minimum Gasteiger partial charge on any atom is -0.494 e. The number of hydrogen-bond acceptors (Lipinski definition) is 7. The van der Waals surface area contributed by atoms with Crippen LogP contribution < -0.4 is 20.7 Å². The first-order valence-corrected chi connectivity index (χ1v) is 16.4. The van der Waals surface area contributed by atoms with Crippen molar-refractivity contribution in [3.05, 3.63) is 89.5 Å². The first kappa shape index (κ1) is 33.6. The van der Waals surface area contributed by atoms with Crippen LogP contribution in [0.1, 0.15) is 67.3 Å². The van der Waals surface area contributed by atoms with Crippen molar-refractivity contribution in [1.82, 2.24) is 30.8 Å². The maximum atomic E-state index is 14.0. The Labute approximate surface area is 275 Å². The van der Waals surface area contributed by atoms with Crippen LogP contribution in [0.2, 0.25) is 0 Å². The van der Waals surface area contributed by atoms with E-state index < -0.39 is 23.9 Å². The van der Waals surface area contributed by atoms with Crippen LogP contribution >= 0.6 is 0 Å². The van der Waals surface area contributed by atoms with Gasteiger partial charge in [0.25, 0.3) is 0 Å². The molecule has 47 heavy (non-hydrogen) atoms. The van der Waals surface area contributed by atoms with Gasteiger partial charge in [-0.1, -0.05) is 36.4 Å². The third-order valence-corrected chi connectivity index (χ3v) is 9.08. The molecule has 0 saturated carbocycles. The van der Waals surface area contributed by atoms with Gasteiger partial charge in [-0.2, -0.15) is 0 Å². The molecule has 3 N–H and O–H groups in total. The highest BCUT2D eigenvalue weighted by Gasteiger charge is 2.33. The van der Waals surface area contributed by atoms with Crippen LogP contribution in [-0.2, 0) is 32.1 Å². The van der Waals surface area contributed by atoms with Gasteiger partial charge in [0.1, 0.15) is 17.8 Å². The summed E-state index contributed by atoms with van der Waals surface area (Å²) in [5.41, 5.74) is 3.37. The predicted molar refractivity (Wildman–Crippen MR) is 176 cm³/mol. The minimum absolute atomic E-state index is 0.215. The predicted octanol–water partition coefficient (Wildman–Crippen LogP) is 3.22. The van der Waals surface area contributed by atoms with Gasteiger partial charge in [0, 0.05) is 38.2 Å². The monoisotopic (exact) mass is 640 g/mol. The summed E-state index contributed by atoms with van der Waals surface area (Å²) >= 11 is 0. The summed E-state index contributed by atoms with van der Waals surface area (Å²) in [5, 5.41) is 8.68. The zero-order valence-corrected chi connectivity index (χ0v) is 27.1. The zero-order chi connectivity index (χ0) is 33.2. The molecule has 0 radical (unpaired) electrons. The van der Waals surface area contributed by atoms with Crippen molar-refractivity contribution in [1.29, 1.82) is 0 Å². The summed E-state index contributed by atoms with van der Waals surface area (Å²) in [7, 11) is 0. The summed E-state index contributed by atoms with van der Waals surface area (Å²) in [6.07, 6.45) is 7.79. The lowest BCUT2D eigenvalue weighted by atomic mass is 9.94. The van der Waals surface area contributed by atoms with Crippen LogP contribution in [0.15, 0.2) is 67.1 Å². The number of hydrogen-bond donors (Lipinski definition) is 3. The smallest absolute Gasteiger partial charge is 0.243 e. The number of aromatic nitrogens is 2. The molecular weight excluding hydrogens is 596 g/mol. The lowest BCUT2D eigenvalue weighted by Crippen LogP contribution is -2.55. The molecule has 1 aromatic heterocycles. The zero-order valence-electron chi connectivity index (χ0n) is 27.1. The van der Waals surface area contributed by atoms with E-state index in [-0.39, 0.29) is 43.0 Å². The van der Waals surface area contributed by atoms with Crippen molar-refractivity contribution in [2.75, 3.05) is 19.7 Å². The molecule has 0 aliphatic carbocycles. The Balaban J connectivity index is 1.41. The van der Waals surface area contributed by atoms with Gasteiger partial charge in [-0.05, 0) is 80.7 Å². The number of fused-ring (bicyclic) bond motifs is 4. The molecule has 1 saturated heterocycles. The largest absolute Gasteiger partial charge is 0.494 e. The van der Waals surface area contributed by atoms with Gasteiger partial charge in [-0.3, -0.25) is 29.1 Å². The van der Waals surface area contributed by atoms with Gasteiger partial charge in [0.05, 0.1) is 24.6 Å². The van der Waals surface area contributed by atoms with E-state index in [1.165, 1.54) is 0 Å². The Kier molecular flexibility index (Phi) is 11.5. The van der Waals surface area contributed by atoms with Crippen LogP contribution in [0, 0.1) is 12.8 Å². The Morgan fingerprint density at radius 2 is 1.91 bits per heavy atom. The van der Waals surface area contributed by atoms with Crippen molar-refractivity contribution < 1.29 is 23.9 Å². The standard InChI is InChI=1S/C36H44N6O5/c1-24-10-12-30-19-28(24)21-39-35(45)31(13-11-29-22-37-15-16-38-29)40-36(46)32(41-34(44)25(2)27-8-4-3-5-9-27)20-33(43)42-17-6-7-26(23-42)14-18-47-30/h3-5,8-10,12,15-16,19,22,25-26,31-32H,6-7,11,13-14,17-18,20-21,23H2,1-2H3,(H,39,45)(H,40,46)(H,41,44)/t25-,26?,31?,32-/m0/s1. The fraction of sp³-hybridized carbons (Fsp3) is 0.444. The van der Waals surface area contributed by atoms with Gasteiger partial charge < -0.3 is 25.6 Å². The van der Waals surface area contributed by atoms with Crippen molar-refractivity contribution >= 4 is 23.6 Å². The number of amides is 4. The molecule has 3 aromatic rings. The Morgan fingerprint density at radius 3 is 2.70 bits per heavy atom. The fourth-order valence-corrected chi connectivity index (χ4v) is 6.10. The molecule has 4 bridgehead atoms. The van der Waals surface area contributed by atoms with E-state index in [0.29, 0.717) is 31.8 Å². The van der Waals surface area contributed by atoms with Crippen LogP contribution in [0.4, 0.5) is 0 Å². The van der Waals surface area contributed by atoms with Gasteiger partial charge >= 0.3 is 0 Å². The van der Waals surface area contributed by atoms with Crippen LogP contribution in [0.25, 0.3) is 0 Å². The molecule has 4 amide bonds. The third-order valence-electron chi connectivity index (χ3n) is 9.08. The molecular formula is C36H44N6O5. The van der Waals surface area contributed by atoms with Gasteiger partial charge in [-0.25, -0.2) is 0 Å². The average Bonchev–Trinajstić information content (AvgIpc) is 3.09. The molecule has 2 aromatic carbocycles. The molecule has 11 nitrogen and oxygen atoms in total. The first-order valence-electron chi connectivity index (χ1n) is 16.4. The highest BCUT2D eigenvalue weighted by atomic mass is 16.5. The Hall–Kier alpha value is -4.80. The van der Waals surface area contributed by atoms with Crippen LogP contribution in [-0.4, -0.2) is 70.3 Å². The van der Waals surface area contributed by atoms with E-state index >= 15 is 0 Å². The second-order valence-electron chi connectivity index (χ2n) is 12.5. The van der Waals surface area contributed by atoms with Gasteiger partial charge in [-0.15, -0.1) is 0 Å². The topological polar surface area (TPSA) is 143 Å². The highest BCUT2D eigenvalue weighted by Crippen LogP contribution is 2.23. The number of nitrogens with zero attached hydrogens (tertiary/aromatic N) is 3. The second-order valence-corrected chi connectivity index (χ2v) is 12.5. The molecule has 1 fully saturated rings. The molecule has 2 aliphatic rings. The molecule has 2 aliphatic heterocycles. The number of carbonyl (C=O) groups is 4. The van der Waals surface area contributed by atoms with Crippen LogP contribution in [0.3, 0.4) is 0 Å². The Morgan fingerprint density at radius 1 is 1.09 bits per heavy atom. The molecule has 0 spiro atoms. The van der Waals surface area contributed by atoms with Crippen molar-refractivity contribution in [2.45, 2.75) is 76.9 Å². The molecule has 4 atom stereocenters. The molecule has 11 heteroatoms. The summed E-state index contributed by atoms with van der Waals surface area (Å²) in [5.74, 6) is -1.14. The van der Waals surface area contributed by atoms with E-state index in [1.54, 1.807) is 30.4 Å². The second kappa shape index (κ2) is 16.2. The van der Waals surface area contributed by atoms with Crippen molar-refractivity contribution in [2.24, 2.45) is 5.92 Å². The molecule has 5 rings (SSSR count). The number of benzene rings is 2. The summed E-state index contributed by atoms with van der Waals surface area (Å²) < 4.78 is 6.10. The third kappa shape index (κ3) is 9.37. The average molecular weight is 641 g/mol. The maximum Gasteiger partial charge on any atom is 0.243 e. The van der Waals surface area contributed by atoms with Gasteiger partial charge in [0.2, 0.25) is 23.6 Å². The fourth-order valence-electron chi connectivity index (χ4n) is 6.10. The molecule has 248 valence electrons. The molecule has 2 unspecified atom stereocenters. The number of carbonyl (C=O) groups excluding carboxylic acids is 4. The van der Waals surface area contributed by atoms with Crippen molar-refractivity contribution in [3.8, 4) is 5.75 Å². The minimum atomic E-state index is -1.17. The van der Waals surface area contributed by atoms with Crippen molar-refractivity contribution in [3.63, 3.8) is 0 Å². The van der Waals surface area contributed by atoms with Crippen LogP contribution in [0.5, 0.6) is 5.75 Å². The Bertz CT molecular complexity index is 1540. The normalized spacial score (nSPS) is 21.7. The number of nitrogens with one attached hydrogen (secondary N) is 3. The lowest BCUT2D eigenvalue weighted by molar-refractivity contribution is -0.138. The van der Waals surface area contributed by atoms with E-state index in [2.05, 4.69) is 25.9 Å². The number of piperidine rings is 1. The summed E-state index contributed by atoms with van der Waals surface area (Å²) in [6, 6.07) is 13.0. The first-order chi connectivity index (χ1) is 22.8. The van der Waals surface area contributed by atoms with E-state index in [9.17, 15) is 19.2 Å². The van der Waals surface area contributed by atoms with Gasteiger partial charge in [0.15, 0.2) is 0 Å². The highest BCUT2D eigenvalue weighted by molar-refractivity contribution is 5.96. The van der Waals surface area contributed by atoms with E-state index in [0.717, 1.165) is 41.7 Å². The summed E-state index contributed by atoms with van der Waals surface area (Å²) in [4.78, 5) is 64.9. The number of aryl methyl sites for hydroxylation is 2. The maximum absolute atomic E-state index is 14.0. The number of ether oxygens (including phenoxy) is 1. The lowest BCUT2D eigenvalue weighted by Gasteiger charge is -2.34. The van der Waals surface area contributed by atoms with E-state index in [1.807, 2.05) is 55.5 Å². The number of rotatable bonds is 6. The quantitative estimate of drug-likeness (QED) is 0.376. The molecule has 3 heterocycles.